The van der Waals surface area contributed by atoms with E-state index in [9.17, 15) is 20.2 Å². The first-order chi connectivity index (χ1) is 15.9. The van der Waals surface area contributed by atoms with Crippen molar-refractivity contribution in [3.05, 3.63) is 80.4 Å². The van der Waals surface area contributed by atoms with Crippen molar-refractivity contribution in [2.45, 2.75) is 0 Å². The summed E-state index contributed by atoms with van der Waals surface area (Å²) in [6.45, 7) is 0. The van der Waals surface area contributed by atoms with E-state index in [1.165, 1.54) is 27.4 Å². The fourth-order valence-electron chi connectivity index (χ4n) is 2.89. The van der Waals surface area contributed by atoms with Crippen LogP contribution in [0.5, 0.6) is 28.7 Å². The van der Waals surface area contributed by atoms with Gasteiger partial charge in [0.25, 0.3) is 5.69 Å². The van der Waals surface area contributed by atoms with E-state index in [4.69, 9.17) is 18.9 Å². The lowest BCUT2D eigenvalue weighted by molar-refractivity contribution is -0.394. The van der Waals surface area contributed by atoms with Gasteiger partial charge in [-0.25, -0.2) is 0 Å². The highest BCUT2D eigenvalue weighted by atomic mass is 16.6. The summed E-state index contributed by atoms with van der Waals surface area (Å²) in [5, 5.41) is 22.1. The molecular formula is C22H19N3O8. The molecule has 0 aromatic heterocycles. The number of non-ortho nitro benzene ring substituents is 1. The third-order valence-electron chi connectivity index (χ3n) is 4.47. The number of rotatable bonds is 9. The number of hydrogen-bond donors (Lipinski definition) is 0. The van der Waals surface area contributed by atoms with Gasteiger partial charge in [-0.3, -0.25) is 25.2 Å². The van der Waals surface area contributed by atoms with Gasteiger partial charge >= 0.3 is 5.69 Å². The molecule has 0 bridgehead atoms. The molecule has 0 radical (unpaired) electrons. The molecule has 0 saturated heterocycles. The van der Waals surface area contributed by atoms with Gasteiger partial charge in [0.15, 0.2) is 11.5 Å². The molecule has 170 valence electrons. The minimum Gasteiger partial charge on any atom is -0.493 e. The van der Waals surface area contributed by atoms with E-state index in [2.05, 4.69) is 4.99 Å². The first-order valence-corrected chi connectivity index (χ1v) is 9.41. The van der Waals surface area contributed by atoms with Crippen LogP contribution < -0.4 is 18.9 Å². The predicted molar refractivity (Wildman–Crippen MR) is 120 cm³/mol. The van der Waals surface area contributed by atoms with Crippen LogP contribution >= 0.6 is 0 Å². The van der Waals surface area contributed by atoms with Crippen LogP contribution in [0.4, 0.5) is 17.1 Å². The van der Waals surface area contributed by atoms with Gasteiger partial charge in [-0.1, -0.05) is 0 Å². The number of nitro benzene ring substituents is 2. The Morgan fingerprint density at radius 2 is 1.42 bits per heavy atom. The van der Waals surface area contributed by atoms with Gasteiger partial charge in [-0.2, -0.15) is 0 Å². The Morgan fingerprint density at radius 3 is 1.94 bits per heavy atom. The topological polar surface area (TPSA) is 136 Å². The SMILES string of the molecule is COc1cc(N=Cc2ccc(Oc3ccc([N+](=O)[O-])cc3[N+](=O)[O-])cc2)cc(OC)c1OC. The van der Waals surface area contributed by atoms with Gasteiger partial charge in [-0.15, -0.1) is 0 Å². The van der Waals surface area contributed by atoms with Crippen molar-refractivity contribution in [1.82, 2.24) is 0 Å². The Morgan fingerprint density at radius 1 is 0.788 bits per heavy atom. The number of ether oxygens (including phenoxy) is 4. The maximum Gasteiger partial charge on any atom is 0.318 e. The molecule has 0 fully saturated rings. The quantitative estimate of drug-likeness (QED) is 0.249. The van der Waals surface area contributed by atoms with Crippen LogP contribution in [0.25, 0.3) is 0 Å². The lowest BCUT2D eigenvalue weighted by Gasteiger charge is -2.12. The molecule has 3 rings (SSSR count). The second-order valence-electron chi connectivity index (χ2n) is 6.48. The zero-order valence-corrected chi connectivity index (χ0v) is 17.9. The van der Waals surface area contributed by atoms with E-state index >= 15 is 0 Å². The van der Waals surface area contributed by atoms with Crippen LogP contribution in [-0.2, 0) is 0 Å². The largest absolute Gasteiger partial charge is 0.493 e. The average molecular weight is 453 g/mol. The lowest BCUT2D eigenvalue weighted by atomic mass is 10.2. The van der Waals surface area contributed by atoms with E-state index in [1.807, 2.05) is 0 Å². The highest BCUT2D eigenvalue weighted by Gasteiger charge is 2.21. The molecule has 0 saturated carbocycles. The minimum absolute atomic E-state index is 0.107. The normalized spacial score (nSPS) is 10.6. The predicted octanol–water partition coefficient (Wildman–Crippen LogP) is 5.07. The Kier molecular flexibility index (Phi) is 7.03. The number of methoxy groups -OCH3 is 3. The van der Waals surface area contributed by atoms with E-state index < -0.39 is 21.2 Å². The maximum atomic E-state index is 11.3. The van der Waals surface area contributed by atoms with Crippen LogP contribution in [0.1, 0.15) is 5.56 Å². The molecule has 0 amide bonds. The summed E-state index contributed by atoms with van der Waals surface area (Å²) in [5.74, 6) is 1.61. The Bertz CT molecular complexity index is 1180. The van der Waals surface area contributed by atoms with Crippen LogP contribution in [0.3, 0.4) is 0 Å². The third kappa shape index (κ3) is 5.34. The second kappa shape index (κ2) is 10.1. The van der Waals surface area contributed by atoms with E-state index in [1.54, 1.807) is 42.6 Å². The van der Waals surface area contributed by atoms with E-state index in [0.717, 1.165) is 17.7 Å². The van der Waals surface area contributed by atoms with E-state index in [-0.39, 0.29) is 5.75 Å². The Hall–Kier alpha value is -4.67. The van der Waals surface area contributed by atoms with Crippen molar-refractivity contribution in [1.29, 1.82) is 0 Å². The van der Waals surface area contributed by atoms with Gasteiger partial charge in [0.2, 0.25) is 11.5 Å². The molecule has 11 heteroatoms. The summed E-state index contributed by atoms with van der Waals surface area (Å²) in [6, 6.07) is 13.2. The molecule has 33 heavy (non-hydrogen) atoms. The number of nitrogens with zero attached hydrogens (tertiary/aromatic N) is 3. The van der Waals surface area contributed by atoms with Crippen molar-refractivity contribution < 1.29 is 28.8 Å². The molecule has 0 unspecified atom stereocenters. The van der Waals surface area contributed by atoms with Crippen molar-refractivity contribution in [2.24, 2.45) is 4.99 Å². The van der Waals surface area contributed by atoms with Gasteiger partial charge in [0, 0.05) is 24.4 Å². The first kappa shape index (κ1) is 23.0. The molecular weight excluding hydrogens is 434 g/mol. The number of nitro groups is 2. The molecule has 3 aromatic carbocycles. The fraction of sp³-hybridized carbons (Fsp3) is 0.136. The molecule has 0 heterocycles. The zero-order valence-electron chi connectivity index (χ0n) is 17.9. The summed E-state index contributed by atoms with van der Waals surface area (Å²) in [4.78, 5) is 25.1. The highest BCUT2D eigenvalue weighted by Crippen LogP contribution is 2.41. The summed E-state index contributed by atoms with van der Waals surface area (Å²) in [5.41, 5.74) is 0.408. The summed E-state index contributed by atoms with van der Waals surface area (Å²) in [7, 11) is 4.54. The summed E-state index contributed by atoms with van der Waals surface area (Å²) < 4.78 is 21.5. The maximum absolute atomic E-state index is 11.3. The van der Waals surface area contributed by atoms with Crippen molar-refractivity contribution in [3.63, 3.8) is 0 Å². The summed E-state index contributed by atoms with van der Waals surface area (Å²) in [6.07, 6.45) is 1.61. The van der Waals surface area contributed by atoms with Crippen LogP contribution in [0.15, 0.2) is 59.6 Å². The standard InChI is InChI=1S/C22H19N3O8/c1-30-20-10-15(11-21(31-2)22(20)32-3)23-13-14-4-7-17(8-5-14)33-19-9-6-16(24(26)27)12-18(19)25(28)29/h4-13H,1-3H3. The van der Waals surface area contributed by atoms with E-state index in [0.29, 0.717) is 28.7 Å². The summed E-state index contributed by atoms with van der Waals surface area (Å²) >= 11 is 0. The molecule has 0 N–H and O–H groups in total. The van der Waals surface area contributed by atoms with Gasteiger partial charge < -0.3 is 18.9 Å². The molecule has 0 aliphatic carbocycles. The van der Waals surface area contributed by atoms with Crippen LogP contribution in [0, 0.1) is 20.2 Å². The molecule has 0 spiro atoms. The third-order valence-corrected chi connectivity index (χ3v) is 4.47. The number of hydrogen-bond acceptors (Lipinski definition) is 9. The highest BCUT2D eigenvalue weighted by molar-refractivity contribution is 5.82. The Labute approximate surface area is 188 Å². The van der Waals surface area contributed by atoms with Crippen molar-refractivity contribution in [3.8, 4) is 28.7 Å². The number of benzene rings is 3. The molecule has 11 nitrogen and oxygen atoms in total. The van der Waals surface area contributed by atoms with Crippen molar-refractivity contribution >= 4 is 23.3 Å². The zero-order chi connectivity index (χ0) is 24.0. The number of aliphatic imine (C=N–C) groups is 1. The fourth-order valence-corrected chi connectivity index (χ4v) is 2.89. The van der Waals surface area contributed by atoms with Crippen LogP contribution in [-0.4, -0.2) is 37.4 Å². The first-order valence-electron chi connectivity index (χ1n) is 9.41. The van der Waals surface area contributed by atoms with Gasteiger partial charge in [0.1, 0.15) is 5.75 Å². The monoisotopic (exact) mass is 453 g/mol. The second-order valence-corrected chi connectivity index (χ2v) is 6.48. The van der Waals surface area contributed by atoms with Gasteiger partial charge in [-0.05, 0) is 35.9 Å². The molecule has 3 aromatic rings. The van der Waals surface area contributed by atoms with Gasteiger partial charge in [0.05, 0.1) is 42.9 Å². The molecule has 0 aliphatic rings. The smallest absolute Gasteiger partial charge is 0.318 e. The minimum atomic E-state index is -0.735. The Balaban J connectivity index is 1.80. The molecule has 0 atom stereocenters. The van der Waals surface area contributed by atoms with Crippen molar-refractivity contribution in [2.75, 3.05) is 21.3 Å². The molecule has 0 aliphatic heterocycles. The van der Waals surface area contributed by atoms with Crippen LogP contribution in [0.2, 0.25) is 0 Å². The lowest BCUT2D eigenvalue weighted by Crippen LogP contribution is -1.96. The average Bonchev–Trinajstić information content (AvgIpc) is 2.82.